The Morgan fingerprint density at radius 3 is 2.50 bits per heavy atom. The maximum absolute atomic E-state index is 13.4. The normalized spacial score (nSPS) is 14.6. The number of aromatic amines is 1. The number of nitrogens with zero attached hydrogens (tertiary/aromatic N) is 3. The zero-order chi connectivity index (χ0) is 26.1. The summed E-state index contributed by atoms with van der Waals surface area (Å²) in [5.74, 6) is 0.0523. The van der Waals surface area contributed by atoms with E-state index in [4.69, 9.17) is 0 Å². The van der Waals surface area contributed by atoms with Crippen molar-refractivity contribution in [1.29, 1.82) is 0 Å². The fraction of sp³-hybridized carbons (Fsp3) is 0.200. The maximum atomic E-state index is 13.4. The van der Waals surface area contributed by atoms with Crippen LogP contribution in [0.4, 0.5) is 15.9 Å². The van der Waals surface area contributed by atoms with Crippen LogP contribution in [0.2, 0.25) is 0 Å². The number of anilines is 2. The van der Waals surface area contributed by atoms with Gasteiger partial charge in [-0.2, -0.15) is 5.10 Å². The molecule has 0 aliphatic carbocycles. The van der Waals surface area contributed by atoms with E-state index < -0.39 is 0 Å². The molecular weight excluding hydrogens is 479 g/mol. The second kappa shape index (κ2) is 10.1. The zero-order valence-corrected chi connectivity index (χ0v) is 21.1. The first-order valence-corrected chi connectivity index (χ1v) is 12.8. The van der Waals surface area contributed by atoms with E-state index in [1.165, 1.54) is 12.1 Å². The molecule has 5 aromatic rings. The Balaban J connectivity index is 1.14. The molecule has 7 nitrogen and oxygen atoms in total. The van der Waals surface area contributed by atoms with E-state index in [-0.39, 0.29) is 11.7 Å². The molecule has 3 N–H and O–H groups in total. The predicted octanol–water partition coefficient (Wildman–Crippen LogP) is 5.92. The van der Waals surface area contributed by atoms with Crippen LogP contribution in [0, 0.1) is 5.82 Å². The van der Waals surface area contributed by atoms with Crippen LogP contribution in [0.25, 0.3) is 27.8 Å². The monoisotopic (exact) mass is 508 g/mol. The zero-order valence-electron chi connectivity index (χ0n) is 21.1. The minimum Gasteiger partial charge on any atom is -0.382 e. The topological polar surface area (TPSA) is 78.0 Å². The number of hydrogen-bond acceptors (Lipinski definition) is 4. The Labute approximate surface area is 220 Å². The molecular formula is C30H29FN6O. The van der Waals surface area contributed by atoms with E-state index in [2.05, 4.69) is 32.8 Å². The third-order valence-corrected chi connectivity index (χ3v) is 7.16. The number of hydrogen-bond donors (Lipinski definition) is 3. The van der Waals surface area contributed by atoms with Crippen LogP contribution >= 0.6 is 0 Å². The van der Waals surface area contributed by atoms with Crippen LogP contribution in [0.1, 0.15) is 23.2 Å². The Morgan fingerprint density at radius 2 is 1.74 bits per heavy atom. The van der Waals surface area contributed by atoms with Gasteiger partial charge in [0.15, 0.2) is 0 Å². The average Bonchev–Trinajstić information content (AvgIpc) is 3.58. The summed E-state index contributed by atoms with van der Waals surface area (Å²) in [7, 11) is 2.15. The molecule has 0 unspecified atom stereocenters. The summed E-state index contributed by atoms with van der Waals surface area (Å²) in [6, 6.07) is 24.4. The minimum absolute atomic E-state index is 0.202. The van der Waals surface area contributed by atoms with Gasteiger partial charge in [-0.1, -0.05) is 12.1 Å². The molecule has 0 atom stereocenters. The van der Waals surface area contributed by atoms with Gasteiger partial charge in [-0.25, -0.2) is 4.39 Å². The van der Waals surface area contributed by atoms with Crippen molar-refractivity contribution < 1.29 is 9.18 Å². The highest BCUT2D eigenvalue weighted by molar-refractivity contribution is 6.04. The number of carbonyl (C=O) groups is 1. The largest absolute Gasteiger partial charge is 0.382 e. The van der Waals surface area contributed by atoms with E-state index in [0.717, 1.165) is 53.8 Å². The summed E-state index contributed by atoms with van der Waals surface area (Å²) in [4.78, 5) is 15.2. The van der Waals surface area contributed by atoms with Crippen molar-refractivity contribution in [2.45, 2.75) is 18.9 Å². The number of benzene rings is 3. The molecule has 192 valence electrons. The number of piperidine rings is 1. The molecule has 0 bridgehead atoms. The molecule has 1 saturated heterocycles. The molecule has 1 amide bonds. The lowest BCUT2D eigenvalue weighted by Crippen LogP contribution is -2.36. The number of likely N-dealkylation sites (tertiary alicyclic amines) is 1. The number of H-pyrrole nitrogens is 1. The van der Waals surface area contributed by atoms with Gasteiger partial charge in [-0.15, -0.1) is 0 Å². The number of fused-ring (bicyclic) bond motifs is 1. The second-order valence-electron chi connectivity index (χ2n) is 9.86. The lowest BCUT2D eigenvalue weighted by molar-refractivity contribution is 0.102. The number of carbonyl (C=O) groups excluding carboxylic acids is 1. The molecule has 0 radical (unpaired) electrons. The van der Waals surface area contributed by atoms with Gasteiger partial charge in [0, 0.05) is 40.8 Å². The average molecular weight is 509 g/mol. The molecule has 3 heterocycles. The lowest BCUT2D eigenvalue weighted by atomic mass is 10.0. The minimum atomic E-state index is -0.266. The first-order valence-electron chi connectivity index (χ1n) is 12.8. The van der Waals surface area contributed by atoms with Gasteiger partial charge in [-0.3, -0.25) is 9.89 Å². The molecule has 6 rings (SSSR count). The van der Waals surface area contributed by atoms with E-state index in [1.807, 2.05) is 65.4 Å². The van der Waals surface area contributed by atoms with Gasteiger partial charge < -0.3 is 20.1 Å². The van der Waals surface area contributed by atoms with Gasteiger partial charge in [0.25, 0.3) is 5.91 Å². The van der Waals surface area contributed by atoms with Crippen LogP contribution in [0.5, 0.6) is 0 Å². The number of nitrogens with one attached hydrogen (secondary N) is 3. The van der Waals surface area contributed by atoms with Crippen molar-refractivity contribution in [1.82, 2.24) is 19.7 Å². The highest BCUT2D eigenvalue weighted by atomic mass is 19.1. The summed E-state index contributed by atoms with van der Waals surface area (Å²) in [5, 5.41) is 14.9. The van der Waals surface area contributed by atoms with Crippen LogP contribution in [0.3, 0.4) is 0 Å². The maximum Gasteiger partial charge on any atom is 0.256 e. The highest BCUT2D eigenvalue weighted by Crippen LogP contribution is 2.27. The molecule has 38 heavy (non-hydrogen) atoms. The van der Waals surface area contributed by atoms with E-state index in [1.54, 1.807) is 12.1 Å². The summed E-state index contributed by atoms with van der Waals surface area (Å²) >= 11 is 0. The summed E-state index contributed by atoms with van der Waals surface area (Å²) in [6.45, 7) is 2.19. The molecule has 1 aliphatic heterocycles. The first-order chi connectivity index (χ1) is 18.5. The molecule has 1 fully saturated rings. The van der Waals surface area contributed by atoms with Crippen LogP contribution in [0.15, 0.2) is 85.1 Å². The van der Waals surface area contributed by atoms with Crippen molar-refractivity contribution in [2.75, 3.05) is 30.8 Å². The van der Waals surface area contributed by atoms with E-state index in [9.17, 15) is 9.18 Å². The highest BCUT2D eigenvalue weighted by Gasteiger charge is 2.17. The van der Waals surface area contributed by atoms with Crippen molar-refractivity contribution in [3.8, 4) is 16.9 Å². The second-order valence-corrected chi connectivity index (χ2v) is 9.86. The molecule has 1 aliphatic rings. The third kappa shape index (κ3) is 5.03. The Kier molecular flexibility index (Phi) is 6.39. The SMILES string of the molecule is CN1CCC(Nc2ccc(C(=O)Nc3cc(-c4ccc5ccn(-c6ccc(F)cc6)c5c4)n[nH]3)cc2)CC1. The Bertz CT molecular complexity index is 1560. The molecule has 0 saturated carbocycles. The number of rotatable bonds is 6. The van der Waals surface area contributed by atoms with Crippen molar-refractivity contribution >= 4 is 28.3 Å². The Hall–Kier alpha value is -4.43. The molecule has 2 aromatic heterocycles. The fourth-order valence-corrected chi connectivity index (χ4v) is 4.95. The molecule has 8 heteroatoms. The number of halogens is 1. The molecule has 0 spiro atoms. The van der Waals surface area contributed by atoms with Gasteiger partial charge >= 0.3 is 0 Å². The summed E-state index contributed by atoms with van der Waals surface area (Å²) in [5.41, 5.74) is 5.08. The first kappa shape index (κ1) is 23.9. The van der Waals surface area contributed by atoms with Gasteiger partial charge in [-0.05, 0) is 99.0 Å². The molecule has 3 aromatic carbocycles. The number of aromatic nitrogens is 3. The van der Waals surface area contributed by atoms with Gasteiger partial charge in [0.2, 0.25) is 0 Å². The van der Waals surface area contributed by atoms with Crippen molar-refractivity contribution in [3.05, 3.63) is 96.4 Å². The van der Waals surface area contributed by atoms with Crippen LogP contribution in [-0.2, 0) is 0 Å². The third-order valence-electron chi connectivity index (χ3n) is 7.16. The van der Waals surface area contributed by atoms with Gasteiger partial charge in [0.1, 0.15) is 11.6 Å². The lowest BCUT2D eigenvalue weighted by Gasteiger charge is -2.30. The fourth-order valence-electron chi connectivity index (χ4n) is 4.95. The quantitative estimate of drug-likeness (QED) is 0.266. The van der Waals surface area contributed by atoms with Gasteiger partial charge in [0.05, 0.1) is 11.2 Å². The van der Waals surface area contributed by atoms with E-state index in [0.29, 0.717) is 23.1 Å². The number of amides is 1. The van der Waals surface area contributed by atoms with Crippen LogP contribution < -0.4 is 10.6 Å². The van der Waals surface area contributed by atoms with Crippen molar-refractivity contribution in [3.63, 3.8) is 0 Å². The van der Waals surface area contributed by atoms with Crippen LogP contribution in [-0.4, -0.2) is 51.8 Å². The predicted molar refractivity (Wildman–Crippen MR) is 149 cm³/mol. The summed E-state index contributed by atoms with van der Waals surface area (Å²) < 4.78 is 15.4. The van der Waals surface area contributed by atoms with Crippen molar-refractivity contribution in [2.24, 2.45) is 0 Å². The Morgan fingerprint density at radius 1 is 0.974 bits per heavy atom. The smallest absolute Gasteiger partial charge is 0.256 e. The standard InChI is InChI=1S/C30H29FN6O/c1-36-15-13-25(14-16-36)32-24-8-4-21(5-9-24)30(38)33-29-19-27(34-35-29)22-3-2-20-12-17-37(28(20)18-22)26-10-6-23(31)7-11-26/h2-12,17-19,25,32H,13-16H2,1H3,(H2,33,34,35,38). The summed E-state index contributed by atoms with van der Waals surface area (Å²) in [6.07, 6.45) is 4.20. The van der Waals surface area contributed by atoms with E-state index >= 15 is 0 Å².